The van der Waals surface area contributed by atoms with Crippen LogP contribution in [0.15, 0.2) is 6.33 Å². The Labute approximate surface area is 133 Å². The number of rotatable bonds is 2. The molecule has 2 aromatic rings. The van der Waals surface area contributed by atoms with Crippen LogP contribution >= 0.6 is 0 Å². The molecule has 1 amide bonds. The Morgan fingerprint density at radius 3 is 2.83 bits per heavy atom. The molecule has 2 aliphatic rings. The third-order valence-electron chi connectivity index (χ3n) is 4.47. The first-order valence-electron chi connectivity index (χ1n) is 7.90. The second-order valence-electron chi connectivity index (χ2n) is 5.90. The molecule has 122 valence electrons. The van der Waals surface area contributed by atoms with Gasteiger partial charge in [-0.1, -0.05) is 5.21 Å². The van der Waals surface area contributed by atoms with Crippen LogP contribution < -0.4 is 4.90 Å². The van der Waals surface area contributed by atoms with Crippen molar-refractivity contribution in [3.05, 3.63) is 6.33 Å². The van der Waals surface area contributed by atoms with Crippen molar-refractivity contribution in [2.24, 2.45) is 7.05 Å². The SMILES string of the molecule is Cn1nnc2c(N3CCN(C(=O)[C@@H]4CCCO4)CC3)ncnc21. The lowest BCUT2D eigenvalue weighted by atomic mass is 10.2. The number of ether oxygens (including phenoxy) is 1. The number of aryl methyl sites for hydroxylation is 1. The zero-order valence-corrected chi connectivity index (χ0v) is 13.1. The normalized spacial score (nSPS) is 22.0. The maximum atomic E-state index is 12.4. The van der Waals surface area contributed by atoms with E-state index in [1.807, 2.05) is 11.9 Å². The van der Waals surface area contributed by atoms with E-state index in [-0.39, 0.29) is 12.0 Å². The predicted molar refractivity (Wildman–Crippen MR) is 81.9 cm³/mol. The summed E-state index contributed by atoms with van der Waals surface area (Å²) in [5.74, 6) is 0.904. The summed E-state index contributed by atoms with van der Waals surface area (Å²) in [6.45, 7) is 3.49. The Hall–Kier alpha value is -2.29. The van der Waals surface area contributed by atoms with E-state index < -0.39 is 0 Å². The molecule has 1 atom stereocenters. The largest absolute Gasteiger partial charge is 0.368 e. The maximum Gasteiger partial charge on any atom is 0.251 e. The van der Waals surface area contributed by atoms with Gasteiger partial charge in [-0.15, -0.1) is 5.10 Å². The van der Waals surface area contributed by atoms with E-state index in [1.165, 1.54) is 6.33 Å². The second kappa shape index (κ2) is 5.73. The molecule has 0 aromatic carbocycles. The molecule has 2 aliphatic heterocycles. The van der Waals surface area contributed by atoms with Gasteiger partial charge in [-0.25, -0.2) is 14.6 Å². The van der Waals surface area contributed by atoms with Crippen molar-refractivity contribution >= 4 is 22.9 Å². The lowest BCUT2D eigenvalue weighted by Crippen LogP contribution is -2.51. The van der Waals surface area contributed by atoms with Crippen LogP contribution in [0.25, 0.3) is 11.2 Å². The number of aromatic nitrogens is 5. The second-order valence-corrected chi connectivity index (χ2v) is 5.90. The van der Waals surface area contributed by atoms with Gasteiger partial charge in [-0.3, -0.25) is 4.79 Å². The molecular formula is C14H19N7O2. The summed E-state index contributed by atoms with van der Waals surface area (Å²) >= 11 is 0. The van der Waals surface area contributed by atoms with E-state index in [0.717, 1.165) is 31.7 Å². The van der Waals surface area contributed by atoms with Crippen LogP contribution in [0.4, 0.5) is 5.82 Å². The molecule has 2 saturated heterocycles. The van der Waals surface area contributed by atoms with Crippen molar-refractivity contribution in [1.82, 2.24) is 29.9 Å². The maximum absolute atomic E-state index is 12.4. The minimum Gasteiger partial charge on any atom is -0.368 e. The number of fused-ring (bicyclic) bond motifs is 1. The molecular weight excluding hydrogens is 298 g/mol. The van der Waals surface area contributed by atoms with Gasteiger partial charge in [-0.05, 0) is 12.8 Å². The van der Waals surface area contributed by atoms with Gasteiger partial charge in [0.1, 0.15) is 12.4 Å². The molecule has 0 radical (unpaired) electrons. The lowest BCUT2D eigenvalue weighted by molar-refractivity contribution is -0.141. The topological polar surface area (TPSA) is 89.3 Å². The molecule has 0 unspecified atom stereocenters. The van der Waals surface area contributed by atoms with Crippen molar-refractivity contribution in [1.29, 1.82) is 0 Å². The van der Waals surface area contributed by atoms with Crippen molar-refractivity contribution in [2.75, 3.05) is 37.7 Å². The van der Waals surface area contributed by atoms with Gasteiger partial charge in [0.2, 0.25) is 0 Å². The van der Waals surface area contributed by atoms with Crippen molar-refractivity contribution < 1.29 is 9.53 Å². The highest BCUT2D eigenvalue weighted by molar-refractivity contribution is 5.83. The molecule has 2 fully saturated rings. The van der Waals surface area contributed by atoms with E-state index in [9.17, 15) is 4.79 Å². The van der Waals surface area contributed by atoms with E-state index in [4.69, 9.17) is 4.74 Å². The van der Waals surface area contributed by atoms with Gasteiger partial charge >= 0.3 is 0 Å². The first-order valence-corrected chi connectivity index (χ1v) is 7.90. The highest BCUT2D eigenvalue weighted by Gasteiger charge is 2.31. The van der Waals surface area contributed by atoms with Crippen LogP contribution in [0.1, 0.15) is 12.8 Å². The summed E-state index contributed by atoms with van der Waals surface area (Å²) < 4.78 is 7.13. The molecule has 4 heterocycles. The summed E-state index contributed by atoms with van der Waals surface area (Å²) in [4.78, 5) is 25.0. The van der Waals surface area contributed by atoms with E-state index in [0.29, 0.717) is 30.9 Å². The van der Waals surface area contributed by atoms with Gasteiger partial charge in [0.05, 0.1) is 0 Å². The number of piperazine rings is 1. The molecule has 4 rings (SSSR count). The van der Waals surface area contributed by atoms with Crippen molar-refractivity contribution in [3.8, 4) is 0 Å². The smallest absolute Gasteiger partial charge is 0.251 e. The summed E-state index contributed by atoms with van der Waals surface area (Å²) in [5, 5.41) is 8.16. The average Bonchev–Trinajstić information content (AvgIpc) is 3.25. The van der Waals surface area contributed by atoms with Crippen LogP contribution in [0.2, 0.25) is 0 Å². The van der Waals surface area contributed by atoms with E-state index in [1.54, 1.807) is 4.68 Å². The number of nitrogens with zero attached hydrogens (tertiary/aromatic N) is 7. The number of carbonyl (C=O) groups excluding carboxylic acids is 1. The monoisotopic (exact) mass is 317 g/mol. The molecule has 0 aliphatic carbocycles. The summed E-state index contributed by atoms with van der Waals surface area (Å²) in [7, 11) is 1.81. The van der Waals surface area contributed by atoms with Crippen LogP contribution in [0.5, 0.6) is 0 Å². The Bertz CT molecular complexity index is 717. The first-order chi connectivity index (χ1) is 11.2. The molecule has 2 aromatic heterocycles. The first kappa shape index (κ1) is 14.3. The molecule has 23 heavy (non-hydrogen) atoms. The average molecular weight is 317 g/mol. The third kappa shape index (κ3) is 2.50. The number of hydrogen-bond acceptors (Lipinski definition) is 7. The van der Waals surface area contributed by atoms with Crippen LogP contribution in [0, 0.1) is 0 Å². The predicted octanol–water partition coefficient (Wildman–Crippen LogP) is -0.414. The highest BCUT2D eigenvalue weighted by atomic mass is 16.5. The molecule has 9 heteroatoms. The number of anilines is 1. The van der Waals surface area contributed by atoms with Gasteiger partial charge in [0.15, 0.2) is 17.0 Å². The fourth-order valence-electron chi connectivity index (χ4n) is 3.19. The van der Waals surface area contributed by atoms with Crippen LogP contribution in [-0.4, -0.2) is 74.7 Å². The van der Waals surface area contributed by atoms with Crippen molar-refractivity contribution in [2.45, 2.75) is 18.9 Å². The quantitative estimate of drug-likeness (QED) is 0.743. The summed E-state index contributed by atoms with van der Waals surface area (Å²) in [6, 6.07) is 0. The number of amides is 1. The Kier molecular flexibility index (Phi) is 3.56. The molecule has 0 saturated carbocycles. The third-order valence-corrected chi connectivity index (χ3v) is 4.47. The lowest BCUT2D eigenvalue weighted by Gasteiger charge is -2.36. The summed E-state index contributed by atoms with van der Waals surface area (Å²) in [5.41, 5.74) is 1.42. The summed E-state index contributed by atoms with van der Waals surface area (Å²) in [6.07, 6.45) is 3.10. The van der Waals surface area contributed by atoms with E-state index in [2.05, 4.69) is 25.2 Å². The minimum atomic E-state index is -0.243. The fourth-order valence-corrected chi connectivity index (χ4v) is 3.19. The minimum absolute atomic E-state index is 0.120. The Balaban J connectivity index is 1.47. The van der Waals surface area contributed by atoms with Gasteiger partial charge in [-0.2, -0.15) is 0 Å². The number of hydrogen-bond donors (Lipinski definition) is 0. The zero-order chi connectivity index (χ0) is 15.8. The van der Waals surface area contributed by atoms with Gasteiger partial charge < -0.3 is 14.5 Å². The molecule has 0 N–H and O–H groups in total. The molecule has 0 bridgehead atoms. The van der Waals surface area contributed by atoms with Crippen LogP contribution in [0.3, 0.4) is 0 Å². The standard InChI is InChI=1S/C14H19N7O2/c1-19-12-11(17-18-19)13(16-9-15-12)20-4-6-21(7-5-20)14(22)10-3-2-8-23-10/h9-10H,2-8H2,1H3/t10-/m0/s1. The van der Waals surface area contributed by atoms with Gasteiger partial charge in [0, 0.05) is 39.8 Å². The Morgan fingerprint density at radius 2 is 2.09 bits per heavy atom. The van der Waals surface area contributed by atoms with Gasteiger partial charge in [0.25, 0.3) is 5.91 Å². The number of carbonyl (C=O) groups is 1. The van der Waals surface area contributed by atoms with Crippen LogP contribution in [-0.2, 0) is 16.6 Å². The molecule has 0 spiro atoms. The molecule has 9 nitrogen and oxygen atoms in total. The fraction of sp³-hybridized carbons (Fsp3) is 0.643. The van der Waals surface area contributed by atoms with E-state index >= 15 is 0 Å². The Morgan fingerprint density at radius 1 is 1.26 bits per heavy atom. The highest BCUT2D eigenvalue weighted by Crippen LogP contribution is 2.22. The van der Waals surface area contributed by atoms with Crippen molar-refractivity contribution in [3.63, 3.8) is 0 Å². The zero-order valence-electron chi connectivity index (χ0n) is 13.1.